The standard InChI is InChI=1S/C29H31F3N4O5S/c30-29(31,32)42(39,40)33-20-21-10-12-23(13-11-21)34-27(37)16-19-36-17-14-24(15-18-36)41-28(38)35-26-9-5-4-8-25(26)22-6-2-1-3-7-22/h1-13,24,33H,14-20H2,(H,34,37)(H,35,38). The van der Waals surface area contributed by atoms with Crippen LogP contribution in [-0.4, -0.2) is 56.6 Å². The molecule has 2 amide bonds. The number of alkyl halides is 3. The van der Waals surface area contributed by atoms with Crippen molar-refractivity contribution < 1.29 is 35.9 Å². The summed E-state index contributed by atoms with van der Waals surface area (Å²) >= 11 is 0. The third-order valence-electron chi connectivity index (χ3n) is 6.72. The molecule has 0 unspecified atom stereocenters. The number of hydrogen-bond donors (Lipinski definition) is 3. The van der Waals surface area contributed by atoms with E-state index in [4.69, 9.17) is 4.74 Å². The van der Waals surface area contributed by atoms with Gasteiger partial charge in [0.1, 0.15) is 6.10 Å². The van der Waals surface area contributed by atoms with Crippen molar-refractivity contribution in [2.24, 2.45) is 0 Å². The summed E-state index contributed by atoms with van der Waals surface area (Å²) < 4.78 is 66.6. The van der Waals surface area contributed by atoms with Gasteiger partial charge in [0.15, 0.2) is 0 Å². The lowest BCUT2D eigenvalue weighted by Crippen LogP contribution is -2.39. The molecule has 1 fully saturated rings. The fraction of sp³-hybridized carbons (Fsp3) is 0.310. The Morgan fingerprint density at radius 3 is 2.19 bits per heavy atom. The van der Waals surface area contributed by atoms with Crippen LogP contribution in [0.25, 0.3) is 11.1 Å². The van der Waals surface area contributed by atoms with Crippen LogP contribution in [0.2, 0.25) is 0 Å². The third kappa shape index (κ3) is 8.78. The Morgan fingerprint density at radius 2 is 1.52 bits per heavy atom. The minimum atomic E-state index is -5.43. The Balaban J connectivity index is 1.16. The van der Waals surface area contributed by atoms with Crippen LogP contribution in [-0.2, 0) is 26.1 Å². The molecular formula is C29H31F3N4O5S. The first-order valence-electron chi connectivity index (χ1n) is 13.3. The van der Waals surface area contributed by atoms with Gasteiger partial charge in [0.2, 0.25) is 5.91 Å². The first-order chi connectivity index (χ1) is 20.0. The molecule has 3 aromatic carbocycles. The van der Waals surface area contributed by atoms with Crippen LogP contribution in [0.1, 0.15) is 24.8 Å². The van der Waals surface area contributed by atoms with Crippen LogP contribution >= 0.6 is 0 Å². The first-order valence-corrected chi connectivity index (χ1v) is 14.8. The zero-order valence-electron chi connectivity index (χ0n) is 22.6. The highest BCUT2D eigenvalue weighted by Gasteiger charge is 2.45. The van der Waals surface area contributed by atoms with E-state index in [2.05, 4.69) is 15.5 Å². The number of nitrogens with zero attached hydrogens (tertiary/aromatic N) is 1. The Bertz CT molecular complexity index is 1460. The summed E-state index contributed by atoms with van der Waals surface area (Å²) in [4.78, 5) is 27.1. The molecule has 0 bridgehead atoms. The van der Waals surface area contributed by atoms with Gasteiger partial charge in [0, 0.05) is 43.9 Å². The lowest BCUT2D eigenvalue weighted by molar-refractivity contribution is -0.116. The van der Waals surface area contributed by atoms with E-state index in [9.17, 15) is 31.2 Å². The average Bonchev–Trinajstić information content (AvgIpc) is 2.96. The number of nitrogens with one attached hydrogen (secondary N) is 3. The largest absolute Gasteiger partial charge is 0.511 e. The maximum atomic E-state index is 12.6. The number of benzene rings is 3. The number of ether oxygens (including phenoxy) is 1. The quantitative estimate of drug-likeness (QED) is 0.288. The molecule has 3 aromatic rings. The monoisotopic (exact) mass is 604 g/mol. The number of amides is 2. The Kier molecular flexibility index (Phi) is 10.2. The van der Waals surface area contributed by atoms with Crippen LogP contribution in [0.5, 0.6) is 0 Å². The van der Waals surface area contributed by atoms with E-state index < -0.39 is 28.2 Å². The summed E-state index contributed by atoms with van der Waals surface area (Å²) in [7, 11) is -5.43. The molecule has 0 saturated carbocycles. The topological polar surface area (TPSA) is 117 Å². The molecule has 42 heavy (non-hydrogen) atoms. The Labute approximate surface area is 242 Å². The zero-order valence-corrected chi connectivity index (χ0v) is 23.4. The molecule has 1 aliphatic heterocycles. The van der Waals surface area contributed by atoms with Gasteiger partial charge in [0.05, 0.1) is 5.69 Å². The second kappa shape index (κ2) is 13.8. The number of rotatable bonds is 10. The molecule has 0 aromatic heterocycles. The molecule has 13 heteroatoms. The van der Waals surface area contributed by atoms with Crippen LogP contribution in [0.15, 0.2) is 78.9 Å². The van der Waals surface area contributed by atoms with Crippen molar-refractivity contribution in [1.29, 1.82) is 0 Å². The van der Waals surface area contributed by atoms with Crippen molar-refractivity contribution >= 4 is 33.4 Å². The highest BCUT2D eigenvalue weighted by molar-refractivity contribution is 7.90. The predicted octanol–water partition coefficient (Wildman–Crippen LogP) is 5.33. The van der Waals surface area contributed by atoms with Crippen molar-refractivity contribution in [3.8, 4) is 11.1 Å². The van der Waals surface area contributed by atoms with E-state index in [1.165, 1.54) is 29.0 Å². The second-order valence-electron chi connectivity index (χ2n) is 9.75. The third-order valence-corrected chi connectivity index (χ3v) is 7.85. The van der Waals surface area contributed by atoms with Gasteiger partial charge in [-0.05, 0) is 42.2 Å². The molecule has 0 atom stereocenters. The van der Waals surface area contributed by atoms with E-state index in [1.54, 1.807) is 0 Å². The molecule has 1 saturated heterocycles. The highest BCUT2D eigenvalue weighted by atomic mass is 32.2. The fourth-order valence-electron chi connectivity index (χ4n) is 4.45. The molecule has 0 spiro atoms. The van der Waals surface area contributed by atoms with E-state index >= 15 is 0 Å². The zero-order chi connectivity index (χ0) is 30.2. The summed E-state index contributed by atoms with van der Waals surface area (Å²) in [6, 6.07) is 23.1. The number of likely N-dealkylation sites (tertiary alicyclic amines) is 1. The predicted molar refractivity (Wildman–Crippen MR) is 153 cm³/mol. The van der Waals surface area contributed by atoms with Gasteiger partial charge >= 0.3 is 21.6 Å². The van der Waals surface area contributed by atoms with Gasteiger partial charge < -0.3 is 15.0 Å². The van der Waals surface area contributed by atoms with Crippen LogP contribution in [0.3, 0.4) is 0 Å². The van der Waals surface area contributed by atoms with Crippen molar-refractivity contribution in [3.05, 3.63) is 84.4 Å². The van der Waals surface area contributed by atoms with Gasteiger partial charge in [-0.1, -0.05) is 60.7 Å². The van der Waals surface area contributed by atoms with Gasteiger partial charge in [-0.15, -0.1) is 0 Å². The van der Waals surface area contributed by atoms with E-state index in [0.717, 1.165) is 11.1 Å². The van der Waals surface area contributed by atoms with Gasteiger partial charge in [-0.2, -0.15) is 13.2 Å². The van der Waals surface area contributed by atoms with Gasteiger partial charge in [-0.25, -0.2) is 17.9 Å². The number of piperidine rings is 1. The smallest absolute Gasteiger partial charge is 0.446 e. The summed E-state index contributed by atoms with van der Waals surface area (Å²) in [6.07, 6.45) is 0.734. The number of halogens is 3. The molecule has 1 heterocycles. The summed E-state index contributed by atoms with van der Waals surface area (Å²) in [5.74, 6) is -0.240. The molecule has 0 radical (unpaired) electrons. The molecule has 1 aliphatic rings. The molecule has 0 aliphatic carbocycles. The molecule has 3 N–H and O–H groups in total. The summed E-state index contributed by atoms with van der Waals surface area (Å²) in [5.41, 5.74) is -2.09. The summed E-state index contributed by atoms with van der Waals surface area (Å²) in [5, 5.41) is 5.57. The molecular weight excluding hydrogens is 573 g/mol. The van der Waals surface area contributed by atoms with E-state index in [-0.39, 0.29) is 18.4 Å². The maximum Gasteiger partial charge on any atom is 0.511 e. The van der Waals surface area contributed by atoms with Gasteiger partial charge in [-0.3, -0.25) is 10.1 Å². The lowest BCUT2D eigenvalue weighted by Gasteiger charge is -2.31. The number of carbonyl (C=O) groups excluding carboxylic acids is 2. The normalized spacial score (nSPS) is 14.7. The number of carbonyl (C=O) groups is 2. The molecule has 224 valence electrons. The average molecular weight is 605 g/mol. The second-order valence-corrected chi connectivity index (χ2v) is 11.5. The lowest BCUT2D eigenvalue weighted by atomic mass is 10.0. The SMILES string of the molecule is O=C(CCN1CCC(OC(=O)Nc2ccccc2-c2ccccc2)CC1)Nc1ccc(CNS(=O)(=O)C(F)(F)F)cc1. The molecule has 4 rings (SSSR count). The maximum absolute atomic E-state index is 12.6. The van der Waals surface area contributed by atoms with Crippen LogP contribution < -0.4 is 15.4 Å². The fourth-order valence-corrected chi connectivity index (χ4v) is 4.97. The first kappa shape index (κ1) is 31.0. The van der Waals surface area contributed by atoms with E-state index in [0.29, 0.717) is 49.4 Å². The minimum absolute atomic E-state index is 0.218. The van der Waals surface area contributed by atoms with E-state index in [1.807, 2.05) is 54.6 Å². The van der Waals surface area contributed by atoms with Crippen molar-refractivity contribution in [1.82, 2.24) is 9.62 Å². The highest BCUT2D eigenvalue weighted by Crippen LogP contribution is 2.28. The van der Waals surface area contributed by atoms with Crippen molar-refractivity contribution in [2.75, 3.05) is 30.3 Å². The number of para-hydroxylation sites is 1. The number of sulfonamides is 1. The van der Waals surface area contributed by atoms with Crippen LogP contribution in [0.4, 0.5) is 29.3 Å². The Hall–Kier alpha value is -3.94. The summed E-state index contributed by atoms with van der Waals surface area (Å²) in [6.45, 7) is 1.30. The minimum Gasteiger partial charge on any atom is -0.446 e. The van der Waals surface area contributed by atoms with Crippen molar-refractivity contribution in [2.45, 2.75) is 37.4 Å². The van der Waals surface area contributed by atoms with Crippen molar-refractivity contribution in [3.63, 3.8) is 0 Å². The number of anilines is 2. The van der Waals surface area contributed by atoms with Gasteiger partial charge in [0.25, 0.3) is 0 Å². The molecule has 9 nitrogen and oxygen atoms in total. The number of hydrogen-bond acceptors (Lipinski definition) is 6. The Morgan fingerprint density at radius 1 is 0.881 bits per heavy atom. The van der Waals surface area contributed by atoms with Crippen LogP contribution in [0, 0.1) is 0 Å².